The van der Waals surface area contributed by atoms with Crippen LogP contribution in [0.15, 0.2) is 91.0 Å². The summed E-state index contributed by atoms with van der Waals surface area (Å²) in [6.45, 7) is 10.4. The van der Waals surface area contributed by atoms with E-state index in [2.05, 4.69) is 50.5 Å². The number of aromatic carboxylic acids is 1. The number of rotatable bonds is 13. The van der Waals surface area contributed by atoms with E-state index in [-0.39, 0.29) is 29.5 Å². The third-order valence-corrected chi connectivity index (χ3v) is 16.5. The van der Waals surface area contributed by atoms with Crippen LogP contribution in [0.2, 0.25) is 0 Å². The van der Waals surface area contributed by atoms with Crippen molar-refractivity contribution in [3.05, 3.63) is 125 Å². The number of anilines is 3. The predicted molar refractivity (Wildman–Crippen MR) is 285 cm³/mol. The first kappa shape index (κ1) is 48.1. The first-order valence-corrected chi connectivity index (χ1v) is 26.5. The molecule has 11 rings (SSSR count). The van der Waals surface area contributed by atoms with Gasteiger partial charge in [-0.2, -0.15) is 5.10 Å². The van der Waals surface area contributed by atoms with Crippen LogP contribution < -0.4 is 25.2 Å². The van der Waals surface area contributed by atoms with E-state index in [4.69, 9.17) is 14.8 Å². The Balaban J connectivity index is 0.672. The lowest BCUT2D eigenvalue weighted by atomic mass is 9.82. The average molecular weight is 1000 g/mol. The van der Waals surface area contributed by atoms with Gasteiger partial charge < -0.3 is 19.6 Å². The molecule has 15 nitrogen and oxygen atoms in total. The van der Waals surface area contributed by atoms with Gasteiger partial charge in [0.2, 0.25) is 11.8 Å². The highest BCUT2D eigenvalue weighted by Gasteiger charge is 2.33. The van der Waals surface area contributed by atoms with Crippen LogP contribution in [0, 0.1) is 18.8 Å². The summed E-state index contributed by atoms with van der Waals surface area (Å²) in [7, 11) is 1.92. The van der Waals surface area contributed by atoms with Gasteiger partial charge in [0, 0.05) is 81.5 Å². The molecule has 4 aliphatic rings. The molecule has 376 valence electrons. The smallest absolute Gasteiger partial charge is 0.355 e. The van der Waals surface area contributed by atoms with Crippen LogP contribution in [0.4, 0.5) is 16.6 Å². The SMILES string of the molecule is Cc1c(OC2CCC(C[C@H](C)CN3CCN(c4ccc5c(C6CCC(=O)NC6=O)nn(C)c5c4)CC3)CC2)cccc1-c1ccc(N2CCc3cccc(C(=O)Nc4nc5ccccc5s4)c3C2)nc1C(=O)O. The normalized spacial score (nSPS) is 20.0. The van der Waals surface area contributed by atoms with Crippen molar-refractivity contribution >= 4 is 72.8 Å². The monoisotopic (exact) mass is 999 g/mol. The number of fused-ring (bicyclic) bond motifs is 3. The van der Waals surface area contributed by atoms with E-state index in [9.17, 15) is 24.3 Å². The number of imide groups is 1. The first-order chi connectivity index (χ1) is 35.4. The number of hydrogen-bond acceptors (Lipinski definition) is 12. The number of carboxylic acid groups (broad SMARTS) is 1. The van der Waals surface area contributed by atoms with Crippen LogP contribution in [-0.4, -0.2) is 98.8 Å². The number of carbonyl (C=O) groups is 4. The van der Waals surface area contributed by atoms with Gasteiger partial charge in [-0.1, -0.05) is 54.7 Å². The third kappa shape index (κ3) is 10.0. The minimum absolute atomic E-state index is 0.0204. The zero-order valence-electron chi connectivity index (χ0n) is 41.6. The second kappa shape index (κ2) is 20.4. The molecule has 73 heavy (non-hydrogen) atoms. The maximum absolute atomic E-state index is 13.7. The molecule has 3 N–H and O–H groups in total. The molecule has 3 aromatic heterocycles. The minimum Gasteiger partial charge on any atom is -0.490 e. The third-order valence-electron chi connectivity index (χ3n) is 15.6. The van der Waals surface area contributed by atoms with E-state index in [0.717, 1.165) is 119 Å². The quantitative estimate of drug-likeness (QED) is 0.0936. The summed E-state index contributed by atoms with van der Waals surface area (Å²) in [6.07, 6.45) is 7.00. The number of nitrogens with one attached hydrogen (secondary N) is 2. The van der Waals surface area contributed by atoms with E-state index in [1.807, 2.05) is 96.3 Å². The Labute approximate surface area is 428 Å². The molecule has 16 heteroatoms. The molecule has 3 amide bonds. The summed E-state index contributed by atoms with van der Waals surface area (Å²) < 4.78 is 9.57. The van der Waals surface area contributed by atoms with E-state index in [0.29, 0.717) is 66.3 Å². The second-order valence-corrected chi connectivity index (χ2v) is 21.5. The molecular formula is C57H61N9O6S. The highest BCUT2D eigenvalue weighted by Crippen LogP contribution is 2.38. The van der Waals surface area contributed by atoms with E-state index >= 15 is 0 Å². The van der Waals surface area contributed by atoms with Gasteiger partial charge in [0.05, 0.1) is 33.4 Å². The number of carboxylic acids is 1. The van der Waals surface area contributed by atoms with Crippen molar-refractivity contribution in [1.82, 2.24) is 30.0 Å². The molecule has 0 radical (unpaired) electrons. The molecule has 1 saturated carbocycles. The number of hydrogen-bond donors (Lipinski definition) is 3. The fourth-order valence-electron chi connectivity index (χ4n) is 11.7. The van der Waals surface area contributed by atoms with Crippen LogP contribution in [0.5, 0.6) is 5.75 Å². The minimum atomic E-state index is -1.10. The molecule has 7 aromatic rings. The largest absolute Gasteiger partial charge is 0.490 e. The first-order valence-electron chi connectivity index (χ1n) is 25.7. The number of amides is 3. The van der Waals surface area contributed by atoms with Crippen molar-refractivity contribution in [3.8, 4) is 16.9 Å². The predicted octanol–water partition coefficient (Wildman–Crippen LogP) is 9.37. The molecular weight excluding hydrogens is 939 g/mol. The Morgan fingerprint density at radius 1 is 0.863 bits per heavy atom. The second-order valence-electron chi connectivity index (χ2n) is 20.5. The van der Waals surface area contributed by atoms with Crippen molar-refractivity contribution in [2.75, 3.05) is 54.4 Å². The average Bonchev–Trinajstić information content (AvgIpc) is 3.96. The molecule has 6 heterocycles. The van der Waals surface area contributed by atoms with Crippen molar-refractivity contribution in [1.29, 1.82) is 0 Å². The number of pyridine rings is 1. The van der Waals surface area contributed by atoms with Crippen LogP contribution in [0.1, 0.15) is 101 Å². The van der Waals surface area contributed by atoms with Gasteiger partial charge in [0.15, 0.2) is 10.8 Å². The van der Waals surface area contributed by atoms with E-state index in [1.54, 1.807) is 0 Å². The standard InChI is InChI=1S/C57H61N9O6S/c1-34(32-64-26-28-65(29-27-64)38-16-19-43-47(31-38)63(3)62-52(43)44-21-23-51(67)60-55(44)69)30-36-14-17-39(18-15-36)72-48-12-7-9-40(35(48)2)41-20-22-50(59-53(41)56(70)71)66-25-24-37-8-6-10-42(45(37)33-66)54(68)61-57-58-46-11-4-5-13-49(46)73-57/h4-13,16,19-20,22,31,34,36,39,44H,14-15,17-18,21,23-30,32-33H2,1-3H3,(H,70,71)(H,58,61,68)(H,60,67,69)/t34-,36?,39?,44?/m0/s1. The number of piperazine rings is 1. The number of para-hydroxylation sites is 1. The summed E-state index contributed by atoms with van der Waals surface area (Å²) in [5, 5.41) is 22.3. The Bertz CT molecular complexity index is 3230. The van der Waals surface area contributed by atoms with E-state index in [1.165, 1.54) is 17.8 Å². The summed E-state index contributed by atoms with van der Waals surface area (Å²) in [4.78, 5) is 67.4. The molecule has 3 aliphatic heterocycles. The molecule has 1 aliphatic carbocycles. The number of ether oxygens (including phenoxy) is 1. The molecule has 0 bridgehead atoms. The Kier molecular flexibility index (Phi) is 13.4. The number of piperidine rings is 1. The molecule has 2 saturated heterocycles. The summed E-state index contributed by atoms with van der Waals surface area (Å²) in [5.41, 5.74) is 8.49. The number of aryl methyl sites for hydroxylation is 1. The molecule has 0 spiro atoms. The summed E-state index contributed by atoms with van der Waals surface area (Å²) in [5.74, 6) is 0.339. The van der Waals surface area contributed by atoms with Crippen LogP contribution in [-0.2, 0) is 29.6 Å². The Hall–Kier alpha value is -7.17. The fraction of sp³-hybridized carbons (Fsp3) is 0.386. The lowest BCUT2D eigenvalue weighted by Crippen LogP contribution is -2.47. The highest BCUT2D eigenvalue weighted by molar-refractivity contribution is 7.22. The molecule has 1 unspecified atom stereocenters. The molecule has 2 atom stereocenters. The van der Waals surface area contributed by atoms with Crippen LogP contribution in [0.25, 0.3) is 32.2 Å². The van der Waals surface area contributed by atoms with Crippen LogP contribution >= 0.6 is 11.3 Å². The lowest BCUT2D eigenvalue weighted by Gasteiger charge is -2.38. The topological polar surface area (TPSA) is 175 Å². The van der Waals surface area contributed by atoms with Crippen molar-refractivity contribution < 1.29 is 29.0 Å². The van der Waals surface area contributed by atoms with Gasteiger partial charge in [0.1, 0.15) is 11.6 Å². The lowest BCUT2D eigenvalue weighted by molar-refractivity contribution is -0.134. The number of aromatic nitrogens is 4. The van der Waals surface area contributed by atoms with Gasteiger partial charge in [-0.25, -0.2) is 14.8 Å². The Morgan fingerprint density at radius 2 is 1.67 bits per heavy atom. The zero-order chi connectivity index (χ0) is 50.3. The highest BCUT2D eigenvalue weighted by atomic mass is 32.1. The van der Waals surface area contributed by atoms with Crippen molar-refractivity contribution in [2.24, 2.45) is 18.9 Å². The van der Waals surface area contributed by atoms with Gasteiger partial charge >= 0.3 is 5.97 Å². The van der Waals surface area contributed by atoms with Crippen molar-refractivity contribution in [2.45, 2.75) is 83.8 Å². The van der Waals surface area contributed by atoms with Gasteiger partial charge in [0.25, 0.3) is 5.91 Å². The van der Waals surface area contributed by atoms with Gasteiger partial charge in [-0.05, 0) is 141 Å². The van der Waals surface area contributed by atoms with Gasteiger partial charge in [-0.15, -0.1) is 0 Å². The van der Waals surface area contributed by atoms with Crippen molar-refractivity contribution in [3.63, 3.8) is 0 Å². The molecule has 4 aromatic carbocycles. The van der Waals surface area contributed by atoms with Gasteiger partial charge in [-0.3, -0.25) is 34.6 Å². The maximum Gasteiger partial charge on any atom is 0.355 e. The maximum atomic E-state index is 13.7. The number of carbonyl (C=O) groups excluding carboxylic acids is 3. The number of nitrogens with zero attached hydrogens (tertiary/aromatic N) is 7. The Morgan fingerprint density at radius 3 is 2.47 bits per heavy atom. The number of benzene rings is 4. The summed E-state index contributed by atoms with van der Waals surface area (Å²) in [6, 6.07) is 29.6. The molecule has 3 fully saturated rings. The van der Waals surface area contributed by atoms with Crippen LogP contribution in [0.3, 0.4) is 0 Å². The summed E-state index contributed by atoms with van der Waals surface area (Å²) >= 11 is 1.44. The fourth-order valence-corrected chi connectivity index (χ4v) is 12.6. The number of thiazole rings is 1. The zero-order valence-corrected chi connectivity index (χ0v) is 42.4. The van der Waals surface area contributed by atoms with E-state index < -0.39 is 11.9 Å².